The maximum atomic E-state index is 12.9. The molecule has 3 atom stereocenters. The van der Waals surface area contributed by atoms with Crippen LogP contribution in [0.2, 0.25) is 0 Å². The van der Waals surface area contributed by atoms with E-state index in [1.54, 1.807) is 0 Å². The summed E-state index contributed by atoms with van der Waals surface area (Å²) >= 11 is 0. The lowest BCUT2D eigenvalue weighted by atomic mass is 9.71. The first-order chi connectivity index (χ1) is 15.1. The summed E-state index contributed by atoms with van der Waals surface area (Å²) in [6.07, 6.45) is 10.3. The van der Waals surface area contributed by atoms with Gasteiger partial charge in [0.15, 0.2) is 5.60 Å². The first kappa shape index (κ1) is 30.0. The van der Waals surface area contributed by atoms with E-state index < -0.39 is 47.5 Å². The summed E-state index contributed by atoms with van der Waals surface area (Å²) < 4.78 is 0. The van der Waals surface area contributed by atoms with Crippen LogP contribution in [0.25, 0.3) is 0 Å². The van der Waals surface area contributed by atoms with Gasteiger partial charge in [0.2, 0.25) is 0 Å². The molecule has 0 amide bonds. The number of aliphatic hydroxyl groups is 1. The lowest BCUT2D eigenvalue weighted by Crippen LogP contribution is -2.55. The molecule has 0 fully saturated rings. The van der Waals surface area contributed by atoms with Gasteiger partial charge in [-0.05, 0) is 12.8 Å². The van der Waals surface area contributed by atoms with Crippen molar-refractivity contribution in [1.29, 1.82) is 0 Å². The molecule has 0 aliphatic carbocycles. The number of unbranched alkanes of at least 4 members (excludes halogenated alkanes) is 10. The number of ketones is 1. The zero-order valence-electron chi connectivity index (χ0n) is 19.7. The van der Waals surface area contributed by atoms with Gasteiger partial charge in [0.25, 0.3) is 0 Å². The SMILES string of the molecule is CCCCCCCCCCCC(C(=O)CCCCC)C(C(=O)O)C(O)(CC(=O)O)C(=O)O. The van der Waals surface area contributed by atoms with E-state index in [0.29, 0.717) is 12.8 Å². The lowest BCUT2D eigenvalue weighted by Gasteiger charge is -2.33. The number of carboxylic acids is 3. The van der Waals surface area contributed by atoms with E-state index in [2.05, 4.69) is 6.92 Å². The second-order valence-corrected chi connectivity index (χ2v) is 8.76. The van der Waals surface area contributed by atoms with Crippen LogP contribution in [-0.4, -0.2) is 49.7 Å². The first-order valence-electron chi connectivity index (χ1n) is 12.0. The highest BCUT2D eigenvalue weighted by atomic mass is 16.4. The molecule has 3 unspecified atom stereocenters. The Morgan fingerprint density at radius 3 is 1.62 bits per heavy atom. The Hall–Kier alpha value is -1.96. The molecule has 0 heterocycles. The van der Waals surface area contributed by atoms with E-state index in [0.717, 1.165) is 38.5 Å². The van der Waals surface area contributed by atoms with E-state index >= 15 is 0 Å². The average Bonchev–Trinajstić information content (AvgIpc) is 2.70. The van der Waals surface area contributed by atoms with Crippen LogP contribution in [0.5, 0.6) is 0 Å². The van der Waals surface area contributed by atoms with Gasteiger partial charge in [-0.25, -0.2) is 4.79 Å². The number of hydrogen-bond acceptors (Lipinski definition) is 5. The molecule has 0 aromatic heterocycles. The molecular formula is C24H42O8. The van der Waals surface area contributed by atoms with Crippen molar-refractivity contribution in [3.05, 3.63) is 0 Å². The van der Waals surface area contributed by atoms with Crippen LogP contribution in [0.15, 0.2) is 0 Å². The Morgan fingerprint density at radius 1 is 0.719 bits per heavy atom. The quantitative estimate of drug-likeness (QED) is 0.181. The van der Waals surface area contributed by atoms with Crippen LogP contribution in [0.4, 0.5) is 0 Å². The molecule has 0 spiro atoms. The zero-order chi connectivity index (χ0) is 24.6. The fourth-order valence-corrected chi connectivity index (χ4v) is 4.18. The van der Waals surface area contributed by atoms with Gasteiger partial charge in [-0.15, -0.1) is 0 Å². The predicted molar refractivity (Wildman–Crippen MR) is 120 cm³/mol. The fraction of sp³-hybridized carbons (Fsp3) is 0.833. The fourth-order valence-electron chi connectivity index (χ4n) is 4.18. The van der Waals surface area contributed by atoms with E-state index in [9.17, 15) is 34.5 Å². The van der Waals surface area contributed by atoms with Crippen molar-refractivity contribution in [2.75, 3.05) is 0 Å². The van der Waals surface area contributed by atoms with Crippen molar-refractivity contribution >= 4 is 23.7 Å². The van der Waals surface area contributed by atoms with Crippen LogP contribution >= 0.6 is 0 Å². The smallest absolute Gasteiger partial charge is 0.337 e. The lowest BCUT2D eigenvalue weighted by molar-refractivity contribution is -0.184. The number of aliphatic carboxylic acids is 3. The van der Waals surface area contributed by atoms with Gasteiger partial charge in [0, 0.05) is 12.3 Å². The van der Waals surface area contributed by atoms with Crippen molar-refractivity contribution in [2.24, 2.45) is 11.8 Å². The normalized spacial score (nSPS) is 15.0. The number of carbonyl (C=O) groups is 4. The molecule has 186 valence electrons. The molecule has 32 heavy (non-hydrogen) atoms. The average molecular weight is 459 g/mol. The van der Waals surface area contributed by atoms with Crippen molar-refractivity contribution in [2.45, 2.75) is 116 Å². The third-order valence-corrected chi connectivity index (χ3v) is 6.03. The molecule has 8 heteroatoms. The number of hydrogen-bond donors (Lipinski definition) is 4. The molecule has 0 aliphatic rings. The summed E-state index contributed by atoms with van der Waals surface area (Å²) in [5.41, 5.74) is -3.05. The Kier molecular flexibility index (Phi) is 15.6. The molecule has 0 aromatic carbocycles. The minimum atomic E-state index is -3.05. The Bertz CT molecular complexity index is 589. The molecule has 0 aromatic rings. The van der Waals surface area contributed by atoms with Gasteiger partial charge in [-0.3, -0.25) is 14.4 Å². The summed E-state index contributed by atoms with van der Waals surface area (Å²) in [4.78, 5) is 47.8. The van der Waals surface area contributed by atoms with Gasteiger partial charge in [-0.2, -0.15) is 0 Å². The van der Waals surface area contributed by atoms with E-state index in [1.807, 2.05) is 6.92 Å². The predicted octanol–water partition coefficient (Wildman–Crippen LogP) is 4.66. The topological polar surface area (TPSA) is 149 Å². The maximum absolute atomic E-state index is 12.9. The largest absolute Gasteiger partial charge is 0.481 e. The van der Waals surface area contributed by atoms with E-state index in [4.69, 9.17) is 5.11 Å². The number of carboxylic acid groups (broad SMARTS) is 3. The zero-order valence-corrected chi connectivity index (χ0v) is 19.7. The Labute approximate surface area is 191 Å². The van der Waals surface area contributed by atoms with E-state index in [1.165, 1.54) is 25.7 Å². The standard InChI is InChI=1S/C24H42O8/c1-3-5-7-8-9-10-11-12-14-15-18(19(25)16-13-6-4-2)21(22(28)29)24(32,23(30)31)17-20(26)27/h18,21,32H,3-17H2,1-2H3,(H,26,27)(H,28,29)(H,30,31). The third-order valence-electron chi connectivity index (χ3n) is 6.03. The van der Waals surface area contributed by atoms with Gasteiger partial charge in [0.05, 0.1) is 6.42 Å². The second kappa shape index (κ2) is 16.6. The molecule has 4 N–H and O–H groups in total. The highest BCUT2D eigenvalue weighted by Gasteiger charge is 2.54. The monoisotopic (exact) mass is 458 g/mol. The molecule has 8 nitrogen and oxygen atoms in total. The summed E-state index contributed by atoms with van der Waals surface area (Å²) in [5.74, 6) is -8.92. The van der Waals surface area contributed by atoms with Crippen molar-refractivity contribution < 1.29 is 39.6 Å². The van der Waals surface area contributed by atoms with Crippen LogP contribution in [0, 0.1) is 11.8 Å². The highest BCUT2D eigenvalue weighted by Crippen LogP contribution is 2.34. The number of Topliss-reactive ketones (excluding diaryl/α,β-unsaturated/α-hetero) is 1. The van der Waals surface area contributed by atoms with Crippen molar-refractivity contribution in [3.8, 4) is 0 Å². The van der Waals surface area contributed by atoms with Crippen LogP contribution in [0.3, 0.4) is 0 Å². The van der Waals surface area contributed by atoms with Gasteiger partial charge in [0.1, 0.15) is 11.7 Å². The van der Waals surface area contributed by atoms with Crippen LogP contribution in [-0.2, 0) is 19.2 Å². The second-order valence-electron chi connectivity index (χ2n) is 8.76. The number of carbonyl (C=O) groups excluding carboxylic acids is 1. The van der Waals surface area contributed by atoms with Crippen molar-refractivity contribution in [1.82, 2.24) is 0 Å². The molecular weight excluding hydrogens is 416 g/mol. The van der Waals surface area contributed by atoms with Crippen molar-refractivity contribution in [3.63, 3.8) is 0 Å². The highest BCUT2D eigenvalue weighted by molar-refractivity contribution is 5.94. The summed E-state index contributed by atoms with van der Waals surface area (Å²) in [6.45, 7) is 4.12. The molecule has 0 rings (SSSR count). The molecule has 0 saturated carbocycles. The van der Waals surface area contributed by atoms with Gasteiger partial charge in [-0.1, -0.05) is 84.5 Å². The van der Waals surface area contributed by atoms with Gasteiger partial charge < -0.3 is 20.4 Å². The molecule has 0 bridgehead atoms. The van der Waals surface area contributed by atoms with Gasteiger partial charge >= 0.3 is 17.9 Å². The summed E-state index contributed by atoms with van der Waals surface area (Å²) in [5, 5.41) is 38.9. The molecule has 0 saturated heterocycles. The summed E-state index contributed by atoms with van der Waals surface area (Å²) in [6, 6.07) is 0. The van der Waals surface area contributed by atoms with Crippen LogP contribution < -0.4 is 0 Å². The Balaban J connectivity index is 5.29. The first-order valence-corrected chi connectivity index (χ1v) is 12.0. The van der Waals surface area contributed by atoms with E-state index in [-0.39, 0.29) is 12.8 Å². The Morgan fingerprint density at radius 2 is 1.19 bits per heavy atom. The van der Waals surface area contributed by atoms with Crippen LogP contribution in [0.1, 0.15) is 110 Å². The summed E-state index contributed by atoms with van der Waals surface area (Å²) in [7, 11) is 0. The molecule has 0 radical (unpaired) electrons. The minimum Gasteiger partial charge on any atom is -0.481 e. The maximum Gasteiger partial charge on any atom is 0.337 e. The third kappa shape index (κ3) is 11.1. The minimum absolute atomic E-state index is 0.0858. The number of rotatable bonds is 21. The molecule has 0 aliphatic heterocycles.